The van der Waals surface area contributed by atoms with Gasteiger partial charge < -0.3 is 14.8 Å². The molecule has 0 spiro atoms. The molecule has 122 valence electrons. The van der Waals surface area contributed by atoms with E-state index in [9.17, 15) is 0 Å². The monoisotopic (exact) mass is 375 g/mol. The number of hydrogen-bond acceptors (Lipinski definition) is 3. The summed E-state index contributed by atoms with van der Waals surface area (Å²) in [5, 5.41) is 3.48. The van der Waals surface area contributed by atoms with Crippen molar-refractivity contribution in [1.82, 2.24) is 0 Å². The number of halogens is 1. The quantitative estimate of drug-likeness (QED) is 0.670. The molecule has 0 aromatic heterocycles. The second-order valence-electron chi connectivity index (χ2n) is 5.38. The lowest BCUT2D eigenvalue weighted by atomic mass is 10.1. The van der Waals surface area contributed by atoms with E-state index in [1.807, 2.05) is 12.1 Å². The summed E-state index contributed by atoms with van der Waals surface area (Å²) in [6.45, 7) is 9.01. The van der Waals surface area contributed by atoms with Crippen molar-refractivity contribution in [2.24, 2.45) is 0 Å². The summed E-state index contributed by atoms with van der Waals surface area (Å²) in [6.07, 6.45) is 1.71. The zero-order valence-electron chi connectivity index (χ0n) is 13.8. The molecular weight excluding hydrogens is 354 g/mol. The number of methoxy groups -OCH3 is 1. The Bertz CT molecular complexity index is 698. The van der Waals surface area contributed by atoms with Crippen LogP contribution in [0.2, 0.25) is 0 Å². The summed E-state index contributed by atoms with van der Waals surface area (Å²) in [5.74, 6) is 1.40. The minimum absolute atomic E-state index is 0.440. The van der Waals surface area contributed by atoms with E-state index in [1.165, 1.54) is 11.1 Å². The van der Waals surface area contributed by atoms with Crippen LogP contribution in [0.1, 0.15) is 16.7 Å². The van der Waals surface area contributed by atoms with E-state index in [4.69, 9.17) is 9.47 Å². The topological polar surface area (TPSA) is 30.5 Å². The molecule has 0 bridgehead atoms. The van der Waals surface area contributed by atoms with Crippen molar-refractivity contribution in [1.29, 1.82) is 0 Å². The van der Waals surface area contributed by atoms with Crippen LogP contribution in [0.15, 0.2) is 47.5 Å². The molecule has 0 unspecified atom stereocenters. The lowest BCUT2D eigenvalue weighted by Gasteiger charge is -2.15. The van der Waals surface area contributed by atoms with Crippen LogP contribution in [0.3, 0.4) is 0 Å². The molecule has 0 saturated carbocycles. The van der Waals surface area contributed by atoms with Crippen LogP contribution >= 0.6 is 15.9 Å². The third-order valence-electron chi connectivity index (χ3n) is 3.51. The fourth-order valence-corrected chi connectivity index (χ4v) is 2.89. The predicted octanol–water partition coefficient (Wildman–Crippen LogP) is 5.25. The van der Waals surface area contributed by atoms with E-state index < -0.39 is 0 Å². The van der Waals surface area contributed by atoms with Crippen molar-refractivity contribution < 1.29 is 9.47 Å². The Labute approximate surface area is 146 Å². The highest BCUT2D eigenvalue weighted by atomic mass is 79.9. The number of nitrogens with one attached hydrogen (secondary N) is 1. The smallest absolute Gasteiger partial charge is 0.175 e. The van der Waals surface area contributed by atoms with E-state index in [0.29, 0.717) is 24.7 Å². The van der Waals surface area contributed by atoms with E-state index in [-0.39, 0.29) is 0 Å². The molecule has 0 aliphatic heterocycles. The fourth-order valence-electron chi connectivity index (χ4n) is 2.28. The molecule has 1 N–H and O–H groups in total. The van der Waals surface area contributed by atoms with Crippen molar-refractivity contribution >= 4 is 21.6 Å². The van der Waals surface area contributed by atoms with Gasteiger partial charge in [0.25, 0.3) is 0 Å². The Balaban J connectivity index is 2.18. The number of anilines is 1. The Kier molecular flexibility index (Phi) is 6.11. The average Bonchev–Trinajstić information content (AvgIpc) is 2.54. The molecule has 4 heteroatoms. The van der Waals surface area contributed by atoms with Gasteiger partial charge in [-0.05, 0) is 64.7 Å². The van der Waals surface area contributed by atoms with Crippen molar-refractivity contribution in [2.75, 3.05) is 19.0 Å². The van der Waals surface area contributed by atoms with E-state index in [0.717, 1.165) is 15.7 Å². The maximum Gasteiger partial charge on any atom is 0.175 e. The molecule has 23 heavy (non-hydrogen) atoms. The first kappa shape index (κ1) is 17.4. The van der Waals surface area contributed by atoms with Gasteiger partial charge in [0.15, 0.2) is 11.5 Å². The summed E-state index contributed by atoms with van der Waals surface area (Å²) in [4.78, 5) is 0. The van der Waals surface area contributed by atoms with Gasteiger partial charge in [0, 0.05) is 12.2 Å². The predicted molar refractivity (Wildman–Crippen MR) is 99.6 cm³/mol. The minimum Gasteiger partial charge on any atom is -0.493 e. The molecule has 0 saturated heterocycles. The first-order valence-corrected chi connectivity index (χ1v) is 8.25. The van der Waals surface area contributed by atoms with Gasteiger partial charge in [-0.1, -0.05) is 24.8 Å². The molecule has 0 aliphatic carbocycles. The number of ether oxygens (including phenoxy) is 2. The average molecular weight is 376 g/mol. The van der Waals surface area contributed by atoms with Gasteiger partial charge >= 0.3 is 0 Å². The van der Waals surface area contributed by atoms with Crippen LogP contribution in [0.4, 0.5) is 5.69 Å². The van der Waals surface area contributed by atoms with Gasteiger partial charge in [-0.2, -0.15) is 0 Å². The molecule has 3 nitrogen and oxygen atoms in total. The van der Waals surface area contributed by atoms with Crippen molar-refractivity contribution in [3.8, 4) is 11.5 Å². The first-order valence-electron chi connectivity index (χ1n) is 7.46. The van der Waals surface area contributed by atoms with Crippen molar-refractivity contribution in [2.45, 2.75) is 20.4 Å². The summed E-state index contributed by atoms with van der Waals surface area (Å²) < 4.78 is 12.0. The molecule has 2 aromatic carbocycles. The Morgan fingerprint density at radius 3 is 2.70 bits per heavy atom. The molecule has 0 heterocycles. The zero-order valence-corrected chi connectivity index (χ0v) is 15.4. The summed E-state index contributed by atoms with van der Waals surface area (Å²) >= 11 is 3.55. The van der Waals surface area contributed by atoms with E-state index in [1.54, 1.807) is 13.2 Å². The molecule has 0 fully saturated rings. The third-order valence-corrected chi connectivity index (χ3v) is 4.10. The SMILES string of the molecule is C=CCOc1c(Br)cc(CNc2cc(C)ccc2C)cc1OC. The van der Waals surface area contributed by atoms with Gasteiger partial charge in [-0.25, -0.2) is 0 Å². The first-order chi connectivity index (χ1) is 11.0. The standard InChI is InChI=1S/C19H22BrNO2/c1-5-8-23-19-16(20)10-15(11-18(19)22-4)12-21-17-9-13(2)6-7-14(17)3/h5-7,9-11,21H,1,8,12H2,2-4H3. The molecule has 0 aliphatic rings. The van der Waals surface area contributed by atoms with Crippen LogP contribution in [0.5, 0.6) is 11.5 Å². The van der Waals surface area contributed by atoms with Gasteiger partial charge in [-0.15, -0.1) is 0 Å². The second-order valence-corrected chi connectivity index (χ2v) is 6.23. The van der Waals surface area contributed by atoms with Crippen molar-refractivity contribution in [3.05, 3.63) is 64.1 Å². The Morgan fingerprint density at radius 2 is 2.00 bits per heavy atom. The van der Waals surface area contributed by atoms with Crippen LogP contribution < -0.4 is 14.8 Å². The summed E-state index contributed by atoms with van der Waals surface area (Å²) in [6, 6.07) is 10.4. The highest BCUT2D eigenvalue weighted by Gasteiger charge is 2.11. The molecule has 2 aromatic rings. The van der Waals surface area contributed by atoms with Crippen LogP contribution in [-0.2, 0) is 6.54 Å². The molecule has 2 rings (SSSR count). The molecule has 0 amide bonds. The maximum atomic E-state index is 5.65. The number of rotatable bonds is 7. The zero-order chi connectivity index (χ0) is 16.8. The lowest BCUT2D eigenvalue weighted by molar-refractivity contribution is 0.324. The highest BCUT2D eigenvalue weighted by molar-refractivity contribution is 9.10. The highest BCUT2D eigenvalue weighted by Crippen LogP contribution is 2.37. The number of benzene rings is 2. The Hall–Kier alpha value is -1.94. The summed E-state index contributed by atoms with van der Waals surface area (Å²) in [5.41, 5.74) is 4.73. The lowest BCUT2D eigenvalue weighted by Crippen LogP contribution is -2.03. The van der Waals surface area contributed by atoms with E-state index in [2.05, 4.69) is 59.9 Å². The van der Waals surface area contributed by atoms with Crippen molar-refractivity contribution in [3.63, 3.8) is 0 Å². The Morgan fingerprint density at radius 1 is 1.22 bits per heavy atom. The molecule has 0 radical (unpaired) electrons. The van der Waals surface area contributed by atoms with Gasteiger partial charge in [-0.3, -0.25) is 0 Å². The third kappa shape index (κ3) is 4.52. The largest absolute Gasteiger partial charge is 0.493 e. The van der Waals surface area contributed by atoms with Gasteiger partial charge in [0.05, 0.1) is 11.6 Å². The van der Waals surface area contributed by atoms with Crippen LogP contribution in [-0.4, -0.2) is 13.7 Å². The molecule has 0 atom stereocenters. The van der Waals surface area contributed by atoms with Gasteiger partial charge in [0.2, 0.25) is 0 Å². The maximum absolute atomic E-state index is 5.65. The minimum atomic E-state index is 0.440. The van der Waals surface area contributed by atoms with Crippen LogP contribution in [0, 0.1) is 13.8 Å². The molecular formula is C19H22BrNO2. The number of aryl methyl sites for hydroxylation is 2. The summed E-state index contributed by atoms with van der Waals surface area (Å²) in [7, 11) is 1.64. The second kappa shape index (κ2) is 8.06. The van der Waals surface area contributed by atoms with Gasteiger partial charge in [0.1, 0.15) is 6.61 Å². The fraction of sp³-hybridized carbons (Fsp3) is 0.263. The van der Waals surface area contributed by atoms with Crippen LogP contribution in [0.25, 0.3) is 0 Å². The van der Waals surface area contributed by atoms with E-state index >= 15 is 0 Å². The normalized spacial score (nSPS) is 10.3. The number of hydrogen-bond donors (Lipinski definition) is 1.